The van der Waals surface area contributed by atoms with Crippen molar-refractivity contribution in [3.8, 4) is 11.1 Å². The van der Waals surface area contributed by atoms with E-state index in [1.807, 2.05) is 13.0 Å². The fraction of sp³-hybridized carbons (Fsp3) is 0.235. The third-order valence-electron chi connectivity index (χ3n) is 4.23. The standard InChI is InChI=1S/C17H18N4O3/c1-10-3-5-13(16(22)20(10)2)12-6-4-11(9-14(18)17(23)24)21-8-7-19-15(12)21/h3-8,14H,9,18H2,1-2H3,(H,23,24). The zero-order valence-electron chi connectivity index (χ0n) is 13.4. The van der Waals surface area contributed by atoms with E-state index in [0.717, 1.165) is 11.4 Å². The maximum Gasteiger partial charge on any atom is 0.320 e. The molecule has 3 aromatic rings. The molecule has 0 aliphatic rings. The summed E-state index contributed by atoms with van der Waals surface area (Å²) in [7, 11) is 1.73. The van der Waals surface area contributed by atoms with Crippen LogP contribution in [0.3, 0.4) is 0 Å². The smallest absolute Gasteiger partial charge is 0.320 e. The molecule has 0 fully saturated rings. The number of rotatable bonds is 4. The van der Waals surface area contributed by atoms with Gasteiger partial charge in [-0.05, 0) is 31.2 Å². The minimum atomic E-state index is -1.06. The van der Waals surface area contributed by atoms with E-state index in [9.17, 15) is 9.59 Å². The maximum atomic E-state index is 12.5. The highest BCUT2D eigenvalue weighted by Gasteiger charge is 2.17. The fourth-order valence-electron chi connectivity index (χ4n) is 2.69. The third kappa shape index (κ3) is 2.59. The van der Waals surface area contributed by atoms with Crippen molar-refractivity contribution < 1.29 is 9.90 Å². The van der Waals surface area contributed by atoms with Gasteiger partial charge in [-0.1, -0.05) is 0 Å². The monoisotopic (exact) mass is 326 g/mol. The topological polar surface area (TPSA) is 103 Å². The summed E-state index contributed by atoms with van der Waals surface area (Å²) in [6, 6.07) is 6.24. The van der Waals surface area contributed by atoms with E-state index in [2.05, 4.69) is 4.98 Å². The number of hydrogen-bond donors (Lipinski definition) is 2. The van der Waals surface area contributed by atoms with Gasteiger partial charge in [0.2, 0.25) is 0 Å². The van der Waals surface area contributed by atoms with Crippen LogP contribution < -0.4 is 11.3 Å². The number of aromatic nitrogens is 3. The molecule has 3 aromatic heterocycles. The van der Waals surface area contributed by atoms with Crippen LogP contribution in [-0.2, 0) is 18.3 Å². The van der Waals surface area contributed by atoms with Gasteiger partial charge in [0.1, 0.15) is 11.7 Å². The van der Waals surface area contributed by atoms with Crippen LogP contribution in [-0.4, -0.2) is 31.1 Å². The van der Waals surface area contributed by atoms with Gasteiger partial charge in [-0.25, -0.2) is 4.98 Å². The van der Waals surface area contributed by atoms with Crippen molar-refractivity contribution in [3.05, 3.63) is 58.4 Å². The maximum absolute atomic E-state index is 12.5. The zero-order valence-corrected chi connectivity index (χ0v) is 13.4. The minimum absolute atomic E-state index is 0.102. The molecule has 0 aliphatic carbocycles. The molecule has 0 bridgehead atoms. The Kier molecular flexibility index (Phi) is 3.94. The van der Waals surface area contributed by atoms with E-state index in [0.29, 0.717) is 16.8 Å². The molecule has 3 N–H and O–H groups in total. The third-order valence-corrected chi connectivity index (χ3v) is 4.23. The number of carbonyl (C=O) groups is 1. The molecule has 0 saturated carbocycles. The number of fused-ring (bicyclic) bond motifs is 1. The number of nitrogens with zero attached hydrogens (tertiary/aromatic N) is 3. The number of carboxylic acid groups (broad SMARTS) is 1. The van der Waals surface area contributed by atoms with Crippen molar-refractivity contribution in [2.45, 2.75) is 19.4 Å². The molecule has 24 heavy (non-hydrogen) atoms. The Morgan fingerprint density at radius 1 is 1.29 bits per heavy atom. The van der Waals surface area contributed by atoms with E-state index in [1.165, 1.54) is 0 Å². The summed E-state index contributed by atoms with van der Waals surface area (Å²) in [5.74, 6) is -1.06. The highest BCUT2D eigenvalue weighted by Crippen LogP contribution is 2.23. The Balaban J connectivity index is 2.16. The van der Waals surface area contributed by atoms with Crippen molar-refractivity contribution >= 4 is 11.6 Å². The molecule has 7 nitrogen and oxygen atoms in total. The SMILES string of the molecule is Cc1ccc(-c2ccc(CC(N)C(=O)O)n3ccnc23)c(=O)n1C. The average Bonchev–Trinajstić information content (AvgIpc) is 3.03. The van der Waals surface area contributed by atoms with Crippen molar-refractivity contribution in [1.82, 2.24) is 14.0 Å². The first-order valence-electron chi connectivity index (χ1n) is 7.50. The predicted molar refractivity (Wildman–Crippen MR) is 89.9 cm³/mol. The summed E-state index contributed by atoms with van der Waals surface area (Å²) in [5.41, 5.74) is 8.98. The lowest BCUT2D eigenvalue weighted by atomic mass is 10.1. The predicted octanol–water partition coefficient (Wildman–Crippen LogP) is 0.963. The highest BCUT2D eigenvalue weighted by molar-refractivity contribution is 5.78. The summed E-state index contributed by atoms with van der Waals surface area (Å²) in [4.78, 5) is 27.8. The second-order valence-corrected chi connectivity index (χ2v) is 5.76. The molecule has 1 atom stereocenters. The van der Waals surface area contributed by atoms with E-state index >= 15 is 0 Å². The van der Waals surface area contributed by atoms with Gasteiger partial charge < -0.3 is 19.8 Å². The Labute approximate surface area is 138 Å². The van der Waals surface area contributed by atoms with Gasteiger partial charge in [-0.2, -0.15) is 0 Å². The molecule has 0 aliphatic heterocycles. The van der Waals surface area contributed by atoms with Gasteiger partial charge in [0.25, 0.3) is 5.56 Å². The Bertz CT molecular complexity index is 987. The summed E-state index contributed by atoms with van der Waals surface area (Å²) in [6.45, 7) is 1.87. The molecule has 7 heteroatoms. The number of aliphatic carboxylic acids is 1. The van der Waals surface area contributed by atoms with Gasteiger partial charge >= 0.3 is 5.97 Å². The molecular formula is C17H18N4O3. The second kappa shape index (κ2) is 5.93. The number of aryl methyl sites for hydroxylation is 1. The van der Waals surface area contributed by atoms with Crippen LogP contribution in [0.15, 0.2) is 41.5 Å². The quantitative estimate of drug-likeness (QED) is 0.743. The van der Waals surface area contributed by atoms with E-state index in [-0.39, 0.29) is 12.0 Å². The lowest BCUT2D eigenvalue weighted by molar-refractivity contribution is -0.138. The summed E-state index contributed by atoms with van der Waals surface area (Å²) >= 11 is 0. The number of imidazole rings is 1. The van der Waals surface area contributed by atoms with Crippen molar-refractivity contribution in [2.75, 3.05) is 0 Å². The average molecular weight is 326 g/mol. The first-order chi connectivity index (χ1) is 11.4. The molecule has 0 radical (unpaired) electrons. The lowest BCUT2D eigenvalue weighted by Crippen LogP contribution is -2.32. The Morgan fingerprint density at radius 2 is 2.00 bits per heavy atom. The highest BCUT2D eigenvalue weighted by atomic mass is 16.4. The minimum Gasteiger partial charge on any atom is -0.480 e. The lowest BCUT2D eigenvalue weighted by Gasteiger charge is -2.12. The van der Waals surface area contributed by atoms with Crippen molar-refractivity contribution in [1.29, 1.82) is 0 Å². The number of pyridine rings is 2. The van der Waals surface area contributed by atoms with Crippen LogP contribution in [0, 0.1) is 6.92 Å². The molecule has 0 aromatic carbocycles. The van der Waals surface area contributed by atoms with Crippen LogP contribution in [0.2, 0.25) is 0 Å². The summed E-state index contributed by atoms with van der Waals surface area (Å²) < 4.78 is 3.36. The zero-order chi connectivity index (χ0) is 17.4. The molecule has 0 amide bonds. The Morgan fingerprint density at radius 3 is 2.71 bits per heavy atom. The van der Waals surface area contributed by atoms with Crippen molar-refractivity contribution in [2.24, 2.45) is 12.8 Å². The van der Waals surface area contributed by atoms with E-state index in [4.69, 9.17) is 10.8 Å². The van der Waals surface area contributed by atoms with Gasteiger partial charge in [-0.3, -0.25) is 9.59 Å². The molecule has 0 spiro atoms. The number of carboxylic acids is 1. The number of nitrogens with two attached hydrogens (primary N) is 1. The first-order valence-corrected chi connectivity index (χ1v) is 7.50. The van der Waals surface area contributed by atoms with Gasteiger partial charge in [0.15, 0.2) is 0 Å². The number of hydrogen-bond acceptors (Lipinski definition) is 4. The van der Waals surface area contributed by atoms with Crippen LogP contribution >= 0.6 is 0 Å². The molecule has 124 valence electrons. The van der Waals surface area contributed by atoms with Gasteiger partial charge in [0.05, 0.1) is 5.56 Å². The van der Waals surface area contributed by atoms with Crippen LogP contribution in [0.4, 0.5) is 0 Å². The van der Waals surface area contributed by atoms with Crippen molar-refractivity contribution in [3.63, 3.8) is 0 Å². The van der Waals surface area contributed by atoms with E-state index < -0.39 is 12.0 Å². The molecule has 3 rings (SSSR count). The molecular weight excluding hydrogens is 308 g/mol. The normalized spacial score (nSPS) is 12.5. The Hall–Kier alpha value is -2.93. The largest absolute Gasteiger partial charge is 0.480 e. The first kappa shape index (κ1) is 15.9. The summed E-state index contributed by atoms with van der Waals surface area (Å²) in [5, 5.41) is 9.00. The van der Waals surface area contributed by atoms with Crippen LogP contribution in [0.5, 0.6) is 0 Å². The summed E-state index contributed by atoms with van der Waals surface area (Å²) in [6.07, 6.45) is 3.53. The molecule has 3 heterocycles. The van der Waals surface area contributed by atoms with Gasteiger partial charge in [0, 0.05) is 42.8 Å². The molecule has 1 unspecified atom stereocenters. The van der Waals surface area contributed by atoms with Gasteiger partial charge in [-0.15, -0.1) is 0 Å². The fourth-order valence-corrected chi connectivity index (χ4v) is 2.69. The van der Waals surface area contributed by atoms with Crippen LogP contribution in [0.1, 0.15) is 11.4 Å². The van der Waals surface area contributed by atoms with Crippen LogP contribution in [0.25, 0.3) is 16.8 Å². The second-order valence-electron chi connectivity index (χ2n) is 5.76. The van der Waals surface area contributed by atoms with E-state index in [1.54, 1.807) is 46.6 Å². The molecule has 0 saturated heterocycles.